The van der Waals surface area contributed by atoms with E-state index in [4.69, 9.17) is 15.2 Å². The molecular weight excluding hydrogens is 448 g/mol. The number of unbranched alkanes of at least 4 members (excludes halogenated alkanes) is 3. The van der Waals surface area contributed by atoms with Crippen LogP contribution in [0.3, 0.4) is 0 Å². The van der Waals surface area contributed by atoms with E-state index in [0.29, 0.717) is 52.5 Å². The molecule has 2 aliphatic rings. The molecule has 0 aliphatic carbocycles. The van der Waals surface area contributed by atoms with Gasteiger partial charge in [0, 0.05) is 41.1 Å². The summed E-state index contributed by atoms with van der Waals surface area (Å²) in [5.74, 6) is 0.0983. The van der Waals surface area contributed by atoms with Crippen molar-refractivity contribution >= 4 is 18.1 Å². The van der Waals surface area contributed by atoms with Gasteiger partial charge in [-0.1, -0.05) is 18.9 Å². The summed E-state index contributed by atoms with van der Waals surface area (Å²) in [6.45, 7) is 1.19. The molecule has 180 valence electrons. The molecule has 1 spiro atoms. The van der Waals surface area contributed by atoms with Crippen LogP contribution < -0.4 is 15.4 Å². The molecule has 35 heavy (non-hydrogen) atoms. The van der Waals surface area contributed by atoms with Gasteiger partial charge in [0.2, 0.25) is 6.41 Å². The van der Waals surface area contributed by atoms with E-state index >= 15 is 0 Å². The number of ether oxygens (including phenoxy) is 2. The lowest BCUT2D eigenvalue weighted by Crippen LogP contribution is -2.33. The van der Waals surface area contributed by atoms with Crippen molar-refractivity contribution in [1.82, 2.24) is 0 Å². The predicted molar refractivity (Wildman–Crippen MR) is 129 cm³/mol. The minimum atomic E-state index is -1.32. The minimum Gasteiger partial charge on any atom is -0.508 e. The molecule has 0 saturated carbocycles. The van der Waals surface area contributed by atoms with Crippen molar-refractivity contribution in [3.05, 3.63) is 76.9 Å². The number of carbonyl (C=O) groups is 2. The van der Waals surface area contributed by atoms with Gasteiger partial charge < -0.3 is 30.3 Å². The number of anilines is 1. The Bertz CT molecular complexity index is 1250. The first-order chi connectivity index (χ1) is 17.0. The topological polar surface area (TPSA) is 122 Å². The van der Waals surface area contributed by atoms with Crippen LogP contribution in [-0.2, 0) is 15.1 Å². The summed E-state index contributed by atoms with van der Waals surface area (Å²) >= 11 is 0. The lowest BCUT2D eigenvalue weighted by molar-refractivity contribution is -0.107. The predicted octanol–water partition coefficient (Wildman–Crippen LogP) is 4.15. The highest BCUT2D eigenvalue weighted by Crippen LogP contribution is 2.57. The number of phenols is 2. The van der Waals surface area contributed by atoms with Crippen molar-refractivity contribution in [2.24, 2.45) is 5.73 Å². The maximum Gasteiger partial charge on any atom is 0.340 e. The van der Waals surface area contributed by atoms with Gasteiger partial charge in [-0.25, -0.2) is 4.79 Å². The number of benzene rings is 3. The quantitative estimate of drug-likeness (QED) is 0.255. The number of phenolic OH excluding ortho intramolecular Hbond substituents is 2. The summed E-state index contributed by atoms with van der Waals surface area (Å²) in [6.07, 6.45) is 4.52. The first-order valence-electron chi connectivity index (χ1n) is 11.6. The number of hydrogen-bond donors (Lipinski definition) is 3. The van der Waals surface area contributed by atoms with E-state index in [1.54, 1.807) is 35.2 Å². The molecule has 2 heterocycles. The first kappa shape index (κ1) is 22.7. The van der Waals surface area contributed by atoms with Crippen LogP contribution in [-0.4, -0.2) is 35.7 Å². The van der Waals surface area contributed by atoms with Crippen LogP contribution in [0.4, 0.5) is 5.69 Å². The summed E-state index contributed by atoms with van der Waals surface area (Å²) < 4.78 is 12.0. The Morgan fingerprint density at radius 3 is 2.11 bits per heavy atom. The SMILES string of the molecule is NCCCCCCN(C=O)c1ccc2c(c1)C(=O)OC21c2ccc(O)cc2Oc2cc(O)ccc21. The van der Waals surface area contributed by atoms with Crippen molar-refractivity contribution in [3.63, 3.8) is 0 Å². The molecule has 5 rings (SSSR count). The van der Waals surface area contributed by atoms with E-state index < -0.39 is 11.6 Å². The molecule has 0 aromatic heterocycles. The van der Waals surface area contributed by atoms with Gasteiger partial charge in [-0.3, -0.25) is 4.79 Å². The van der Waals surface area contributed by atoms with E-state index in [1.807, 2.05) is 0 Å². The van der Waals surface area contributed by atoms with Crippen LogP contribution >= 0.6 is 0 Å². The molecule has 1 amide bonds. The minimum absolute atomic E-state index is 0.00418. The molecule has 0 saturated heterocycles. The number of carbonyl (C=O) groups excluding carboxylic acids is 2. The van der Waals surface area contributed by atoms with Crippen molar-refractivity contribution in [3.8, 4) is 23.0 Å². The molecule has 3 aromatic carbocycles. The molecule has 8 nitrogen and oxygen atoms in total. The third-order valence-electron chi connectivity index (χ3n) is 6.57. The summed E-state index contributed by atoms with van der Waals surface area (Å²) in [6, 6.07) is 14.5. The number of amides is 1. The fourth-order valence-corrected chi connectivity index (χ4v) is 4.89. The van der Waals surface area contributed by atoms with Crippen molar-refractivity contribution < 1.29 is 29.3 Å². The second-order valence-electron chi connectivity index (χ2n) is 8.77. The molecular formula is C27H26N2O6. The van der Waals surface area contributed by atoms with Gasteiger partial charge >= 0.3 is 5.97 Å². The van der Waals surface area contributed by atoms with Crippen LogP contribution in [0.5, 0.6) is 23.0 Å². The third kappa shape index (κ3) is 3.76. The van der Waals surface area contributed by atoms with Crippen LogP contribution in [0.25, 0.3) is 0 Å². The zero-order valence-electron chi connectivity index (χ0n) is 19.1. The van der Waals surface area contributed by atoms with Gasteiger partial charge in [0.15, 0.2) is 5.60 Å². The summed E-state index contributed by atoms with van der Waals surface area (Å²) in [5.41, 5.74) is 6.89. The summed E-state index contributed by atoms with van der Waals surface area (Å²) in [5, 5.41) is 20.1. The van der Waals surface area contributed by atoms with Crippen molar-refractivity contribution in [1.29, 1.82) is 0 Å². The zero-order chi connectivity index (χ0) is 24.6. The third-order valence-corrected chi connectivity index (χ3v) is 6.57. The van der Waals surface area contributed by atoms with Crippen molar-refractivity contribution in [2.45, 2.75) is 31.3 Å². The fourth-order valence-electron chi connectivity index (χ4n) is 4.89. The highest BCUT2D eigenvalue weighted by molar-refractivity contribution is 5.98. The van der Waals surface area contributed by atoms with Gasteiger partial charge in [-0.05, 0) is 55.8 Å². The lowest BCUT2D eigenvalue weighted by Gasteiger charge is -2.36. The Kier molecular flexibility index (Phi) is 5.82. The molecule has 3 aromatic rings. The molecule has 4 N–H and O–H groups in total. The molecule has 0 atom stereocenters. The van der Waals surface area contributed by atoms with Crippen LogP contribution in [0.15, 0.2) is 54.6 Å². The maximum atomic E-state index is 13.2. The Morgan fingerprint density at radius 2 is 1.49 bits per heavy atom. The standard InChI is InChI=1S/C27H26N2O6/c28-11-3-1-2-4-12-29(16-30)17-5-8-21-20(13-17)26(33)35-27(21)22-9-6-18(31)14-24(22)34-25-15-19(32)7-10-23(25)27/h5-10,13-16,31-32H,1-4,11-12,28H2. The van der Waals surface area contributed by atoms with Crippen LogP contribution in [0.1, 0.15) is 52.7 Å². The van der Waals surface area contributed by atoms with Gasteiger partial charge in [0.05, 0.1) is 5.56 Å². The first-order valence-corrected chi connectivity index (χ1v) is 11.6. The summed E-state index contributed by atoms with van der Waals surface area (Å²) in [7, 11) is 0. The van der Waals surface area contributed by atoms with Crippen LogP contribution in [0.2, 0.25) is 0 Å². The van der Waals surface area contributed by atoms with Crippen molar-refractivity contribution in [2.75, 3.05) is 18.0 Å². The number of aromatic hydroxyl groups is 2. The maximum absolute atomic E-state index is 13.2. The number of fused-ring (bicyclic) bond motifs is 6. The van der Waals surface area contributed by atoms with E-state index in [9.17, 15) is 19.8 Å². The van der Waals surface area contributed by atoms with E-state index in [0.717, 1.165) is 32.1 Å². The second kappa shape index (κ2) is 8.96. The molecule has 8 heteroatoms. The molecule has 0 unspecified atom stereocenters. The normalized spacial score (nSPS) is 14.5. The average Bonchev–Trinajstić information content (AvgIpc) is 3.13. The van der Waals surface area contributed by atoms with E-state index in [1.165, 1.54) is 24.3 Å². The Balaban J connectivity index is 1.57. The van der Waals surface area contributed by atoms with Gasteiger partial charge in [0.25, 0.3) is 0 Å². The lowest BCUT2D eigenvalue weighted by atomic mass is 9.77. The highest BCUT2D eigenvalue weighted by Gasteiger charge is 2.53. The molecule has 0 bridgehead atoms. The Hall–Kier alpha value is -4.04. The molecule has 0 radical (unpaired) electrons. The fraction of sp³-hybridized carbons (Fsp3) is 0.259. The second-order valence-corrected chi connectivity index (χ2v) is 8.77. The van der Waals surface area contributed by atoms with Gasteiger partial charge in [0.1, 0.15) is 23.0 Å². The number of esters is 1. The smallest absolute Gasteiger partial charge is 0.340 e. The Morgan fingerprint density at radius 1 is 0.857 bits per heavy atom. The zero-order valence-corrected chi connectivity index (χ0v) is 19.1. The monoisotopic (exact) mass is 474 g/mol. The Labute approximate surface area is 202 Å². The average molecular weight is 475 g/mol. The van der Waals surface area contributed by atoms with E-state index in [-0.39, 0.29) is 11.5 Å². The number of nitrogens with two attached hydrogens (primary N) is 1. The largest absolute Gasteiger partial charge is 0.508 e. The number of nitrogens with zero attached hydrogens (tertiary/aromatic N) is 1. The van der Waals surface area contributed by atoms with E-state index in [2.05, 4.69) is 0 Å². The number of rotatable bonds is 8. The highest BCUT2D eigenvalue weighted by atomic mass is 16.6. The summed E-state index contributed by atoms with van der Waals surface area (Å²) in [4.78, 5) is 26.6. The molecule has 0 fully saturated rings. The van der Waals surface area contributed by atoms with Gasteiger partial charge in [-0.15, -0.1) is 0 Å². The van der Waals surface area contributed by atoms with Crippen LogP contribution in [0, 0.1) is 0 Å². The van der Waals surface area contributed by atoms with Gasteiger partial charge in [-0.2, -0.15) is 0 Å². The molecule has 2 aliphatic heterocycles. The number of hydrogen-bond acceptors (Lipinski definition) is 7.